The van der Waals surface area contributed by atoms with E-state index in [-0.39, 0.29) is 10.00 Å². The summed E-state index contributed by atoms with van der Waals surface area (Å²) in [5.41, 5.74) is 0. The van der Waals surface area contributed by atoms with Crippen molar-refractivity contribution < 1.29 is 8.42 Å². The lowest BCUT2D eigenvalue weighted by molar-refractivity contribution is 0.319. The average molecular weight is 230 g/mol. The van der Waals surface area contributed by atoms with E-state index >= 15 is 0 Å². The number of sulfone groups is 1. The molecule has 0 aromatic carbocycles. The van der Waals surface area contributed by atoms with E-state index in [1.165, 1.54) is 6.42 Å². The quantitative estimate of drug-likeness (QED) is 0.746. The van der Waals surface area contributed by atoms with Crippen molar-refractivity contribution in [3.63, 3.8) is 0 Å². The highest BCUT2D eigenvalue weighted by Gasteiger charge is 2.50. The molecule has 0 aromatic heterocycles. The Bertz CT molecular complexity index is 303. The largest absolute Gasteiger partial charge is 0.228 e. The molecule has 0 amide bonds. The van der Waals surface area contributed by atoms with Gasteiger partial charge < -0.3 is 0 Å². The van der Waals surface area contributed by atoms with Crippen LogP contribution in [0.3, 0.4) is 0 Å². The molecule has 0 atom stereocenters. The summed E-state index contributed by atoms with van der Waals surface area (Å²) in [4.78, 5) is 0. The molecule has 2 fully saturated rings. The van der Waals surface area contributed by atoms with Crippen LogP contribution in [0.2, 0.25) is 0 Å². The molecule has 0 N–H and O–H groups in total. The summed E-state index contributed by atoms with van der Waals surface area (Å²) >= 11 is 0. The SMILES string of the molecule is CCC1(S(=O)(=O)C2CCCCC2)CCC1. The van der Waals surface area contributed by atoms with Crippen LogP contribution in [0.25, 0.3) is 0 Å². The lowest BCUT2D eigenvalue weighted by Gasteiger charge is -2.43. The van der Waals surface area contributed by atoms with Gasteiger partial charge in [0.05, 0.1) is 10.00 Å². The Balaban J connectivity index is 2.17. The van der Waals surface area contributed by atoms with Gasteiger partial charge in [-0.15, -0.1) is 0 Å². The molecule has 0 radical (unpaired) electrons. The van der Waals surface area contributed by atoms with Crippen LogP contribution in [0.15, 0.2) is 0 Å². The Labute approximate surface area is 93.4 Å². The van der Waals surface area contributed by atoms with E-state index in [1.807, 2.05) is 6.92 Å². The summed E-state index contributed by atoms with van der Waals surface area (Å²) in [6.45, 7) is 2.04. The third kappa shape index (κ3) is 1.73. The van der Waals surface area contributed by atoms with E-state index in [2.05, 4.69) is 0 Å². The first kappa shape index (κ1) is 11.4. The number of rotatable bonds is 3. The predicted octanol–water partition coefficient (Wildman–Crippen LogP) is 3.07. The van der Waals surface area contributed by atoms with E-state index in [9.17, 15) is 8.42 Å². The van der Waals surface area contributed by atoms with E-state index in [0.717, 1.165) is 51.4 Å². The second-order valence-electron chi connectivity index (χ2n) is 5.20. The van der Waals surface area contributed by atoms with Crippen molar-refractivity contribution in [2.24, 2.45) is 0 Å². The van der Waals surface area contributed by atoms with Gasteiger partial charge in [-0.25, -0.2) is 8.42 Å². The van der Waals surface area contributed by atoms with Crippen molar-refractivity contribution in [3.05, 3.63) is 0 Å². The lowest BCUT2D eigenvalue weighted by atomic mass is 9.82. The second-order valence-corrected chi connectivity index (χ2v) is 7.82. The second kappa shape index (κ2) is 4.08. The Morgan fingerprint density at radius 1 is 1.07 bits per heavy atom. The minimum atomic E-state index is -2.84. The van der Waals surface area contributed by atoms with Crippen molar-refractivity contribution in [1.82, 2.24) is 0 Å². The minimum Gasteiger partial charge on any atom is -0.228 e. The summed E-state index contributed by atoms with van der Waals surface area (Å²) in [6.07, 6.45) is 9.07. The molecule has 0 heterocycles. The molecule has 2 saturated carbocycles. The normalized spacial score (nSPS) is 27.3. The Morgan fingerprint density at radius 2 is 1.67 bits per heavy atom. The van der Waals surface area contributed by atoms with E-state index in [4.69, 9.17) is 0 Å². The zero-order valence-electron chi connectivity index (χ0n) is 9.67. The van der Waals surface area contributed by atoms with Crippen molar-refractivity contribution >= 4 is 9.84 Å². The van der Waals surface area contributed by atoms with E-state index in [0.29, 0.717) is 0 Å². The molecule has 0 unspecified atom stereocenters. The average Bonchev–Trinajstić information content (AvgIpc) is 2.18. The molecule has 2 aliphatic rings. The Morgan fingerprint density at radius 3 is 2.07 bits per heavy atom. The Hall–Kier alpha value is -0.0500. The smallest absolute Gasteiger partial charge is 0.158 e. The maximum Gasteiger partial charge on any atom is 0.158 e. The fraction of sp³-hybridized carbons (Fsp3) is 1.00. The molecule has 2 rings (SSSR count). The van der Waals surface area contributed by atoms with Crippen LogP contribution in [0.5, 0.6) is 0 Å². The maximum absolute atomic E-state index is 12.5. The van der Waals surface area contributed by atoms with Crippen molar-refractivity contribution in [2.45, 2.75) is 74.7 Å². The van der Waals surface area contributed by atoms with Crippen molar-refractivity contribution in [2.75, 3.05) is 0 Å². The highest BCUT2D eigenvalue weighted by atomic mass is 32.2. The molecule has 2 nitrogen and oxygen atoms in total. The van der Waals surface area contributed by atoms with Gasteiger partial charge in [0, 0.05) is 0 Å². The number of hydrogen-bond acceptors (Lipinski definition) is 2. The van der Waals surface area contributed by atoms with Crippen LogP contribution < -0.4 is 0 Å². The third-order valence-electron chi connectivity index (χ3n) is 4.50. The van der Waals surface area contributed by atoms with Crippen molar-refractivity contribution in [1.29, 1.82) is 0 Å². The van der Waals surface area contributed by atoms with Crippen LogP contribution in [-0.4, -0.2) is 18.4 Å². The van der Waals surface area contributed by atoms with Gasteiger partial charge in [0.15, 0.2) is 9.84 Å². The molecule has 3 heteroatoms. The molecular weight excluding hydrogens is 208 g/mol. The van der Waals surface area contributed by atoms with Gasteiger partial charge in [-0.2, -0.15) is 0 Å². The zero-order chi connectivity index (χ0) is 10.9. The van der Waals surface area contributed by atoms with Crippen molar-refractivity contribution in [3.8, 4) is 0 Å². The summed E-state index contributed by atoms with van der Waals surface area (Å²) in [7, 11) is -2.84. The summed E-state index contributed by atoms with van der Waals surface area (Å²) in [6, 6.07) is 0. The molecule has 0 spiro atoms. The number of hydrogen-bond donors (Lipinski definition) is 0. The summed E-state index contributed by atoms with van der Waals surface area (Å²) in [5.74, 6) is 0. The van der Waals surface area contributed by atoms with Gasteiger partial charge in [0.25, 0.3) is 0 Å². The highest BCUT2D eigenvalue weighted by molar-refractivity contribution is 7.93. The summed E-state index contributed by atoms with van der Waals surface area (Å²) in [5, 5.41) is -0.00787. The zero-order valence-corrected chi connectivity index (χ0v) is 10.5. The van der Waals surface area contributed by atoms with E-state index in [1.54, 1.807) is 0 Å². The molecule has 0 bridgehead atoms. The molecule has 15 heavy (non-hydrogen) atoms. The van der Waals surface area contributed by atoms with Crippen LogP contribution >= 0.6 is 0 Å². The maximum atomic E-state index is 12.5. The standard InChI is InChI=1S/C12H22O2S/c1-2-12(9-6-10-12)15(13,14)11-7-4-3-5-8-11/h11H,2-10H2,1H3. The van der Waals surface area contributed by atoms with Gasteiger partial charge >= 0.3 is 0 Å². The molecule has 0 aromatic rings. The molecular formula is C12H22O2S. The van der Waals surface area contributed by atoms with Crippen LogP contribution in [0.4, 0.5) is 0 Å². The molecule has 2 aliphatic carbocycles. The van der Waals surface area contributed by atoms with Gasteiger partial charge in [-0.1, -0.05) is 32.6 Å². The first-order valence-corrected chi connectivity index (χ1v) is 7.90. The fourth-order valence-electron chi connectivity index (χ4n) is 3.14. The first-order chi connectivity index (χ1) is 7.12. The molecule has 88 valence electrons. The first-order valence-electron chi connectivity index (χ1n) is 6.36. The van der Waals surface area contributed by atoms with E-state index < -0.39 is 9.84 Å². The summed E-state index contributed by atoms with van der Waals surface area (Å²) < 4.78 is 24.7. The van der Waals surface area contributed by atoms with Crippen LogP contribution in [0.1, 0.15) is 64.7 Å². The fourth-order valence-corrected chi connectivity index (χ4v) is 6.06. The minimum absolute atomic E-state index is 0.00787. The third-order valence-corrected chi connectivity index (χ3v) is 7.76. The topological polar surface area (TPSA) is 34.1 Å². The predicted molar refractivity (Wildman–Crippen MR) is 62.7 cm³/mol. The lowest BCUT2D eigenvalue weighted by Crippen LogP contribution is -2.49. The molecule has 0 aliphatic heterocycles. The van der Waals surface area contributed by atoms with Gasteiger partial charge in [-0.05, 0) is 32.1 Å². The molecule has 0 saturated heterocycles. The van der Waals surface area contributed by atoms with Gasteiger partial charge in [0.2, 0.25) is 0 Å². The highest BCUT2D eigenvalue weighted by Crippen LogP contribution is 2.46. The van der Waals surface area contributed by atoms with Crippen LogP contribution in [-0.2, 0) is 9.84 Å². The monoisotopic (exact) mass is 230 g/mol. The van der Waals surface area contributed by atoms with Gasteiger partial charge in [-0.3, -0.25) is 0 Å². The van der Waals surface area contributed by atoms with Gasteiger partial charge in [0.1, 0.15) is 0 Å². The van der Waals surface area contributed by atoms with Crippen LogP contribution in [0, 0.1) is 0 Å². The Kier molecular flexibility index (Phi) is 3.11.